The first-order valence-corrected chi connectivity index (χ1v) is 6.87. The molecule has 0 aliphatic heterocycles. The smallest absolute Gasteiger partial charge is 0.310 e. The van der Waals surface area contributed by atoms with Gasteiger partial charge >= 0.3 is 5.97 Å². The Morgan fingerprint density at radius 1 is 1.24 bits per heavy atom. The van der Waals surface area contributed by atoms with Gasteiger partial charge in [0.1, 0.15) is 11.6 Å². The van der Waals surface area contributed by atoms with E-state index in [1.165, 1.54) is 6.07 Å². The summed E-state index contributed by atoms with van der Waals surface area (Å²) in [7, 11) is 0. The van der Waals surface area contributed by atoms with Crippen LogP contribution in [0.2, 0.25) is 0 Å². The number of rotatable bonds is 5. The second-order valence-corrected chi connectivity index (χ2v) is 5.48. The van der Waals surface area contributed by atoms with Crippen molar-refractivity contribution in [2.24, 2.45) is 5.41 Å². The molecule has 1 aromatic rings. The van der Waals surface area contributed by atoms with Crippen LogP contribution in [0.1, 0.15) is 37.7 Å². The Balaban J connectivity index is 1.94. The van der Waals surface area contributed by atoms with E-state index in [4.69, 9.17) is 0 Å². The fourth-order valence-electron chi connectivity index (χ4n) is 2.75. The van der Waals surface area contributed by atoms with Gasteiger partial charge in [-0.25, -0.2) is 8.78 Å². The summed E-state index contributed by atoms with van der Waals surface area (Å²) < 4.78 is 26.2. The molecule has 6 heteroatoms. The van der Waals surface area contributed by atoms with E-state index in [2.05, 4.69) is 5.32 Å². The molecule has 1 aliphatic carbocycles. The maximum Gasteiger partial charge on any atom is 0.310 e. The first-order valence-electron chi connectivity index (χ1n) is 6.87. The molecule has 0 heterocycles. The second kappa shape index (κ2) is 6.20. The third kappa shape index (κ3) is 3.56. The molecule has 1 amide bonds. The highest BCUT2D eigenvalue weighted by Crippen LogP contribution is 2.41. The number of carbonyl (C=O) groups is 2. The van der Waals surface area contributed by atoms with Gasteiger partial charge in [0.05, 0.1) is 5.41 Å². The molecule has 1 fully saturated rings. The summed E-state index contributed by atoms with van der Waals surface area (Å²) in [6, 6.07) is 3.12. The van der Waals surface area contributed by atoms with Crippen LogP contribution in [0.5, 0.6) is 0 Å². The van der Waals surface area contributed by atoms with Crippen LogP contribution in [0.3, 0.4) is 0 Å². The number of amides is 1. The lowest BCUT2D eigenvalue weighted by molar-refractivity contribution is -0.151. The molecule has 1 aromatic carbocycles. The molecule has 114 valence electrons. The van der Waals surface area contributed by atoms with Crippen molar-refractivity contribution in [3.8, 4) is 0 Å². The van der Waals surface area contributed by atoms with Crippen LogP contribution >= 0.6 is 0 Å². The Bertz CT molecular complexity index is 554. The Morgan fingerprint density at radius 2 is 1.90 bits per heavy atom. The minimum absolute atomic E-state index is 0.0827. The zero-order valence-corrected chi connectivity index (χ0v) is 11.5. The lowest BCUT2D eigenvalue weighted by atomic mass is 9.82. The summed E-state index contributed by atoms with van der Waals surface area (Å²) >= 11 is 0. The predicted octanol–water partition coefficient (Wildman–Crippen LogP) is 2.62. The van der Waals surface area contributed by atoms with Gasteiger partial charge in [0.15, 0.2) is 0 Å². The number of carboxylic acids is 1. The Hall–Kier alpha value is -1.98. The van der Waals surface area contributed by atoms with Gasteiger partial charge in [-0.1, -0.05) is 18.9 Å². The second-order valence-electron chi connectivity index (χ2n) is 5.48. The molecule has 0 radical (unpaired) electrons. The molecular formula is C15H17F2NO3. The summed E-state index contributed by atoms with van der Waals surface area (Å²) in [5, 5.41) is 11.8. The van der Waals surface area contributed by atoms with Crippen LogP contribution in [0.4, 0.5) is 8.78 Å². The fourth-order valence-corrected chi connectivity index (χ4v) is 2.75. The van der Waals surface area contributed by atoms with Crippen LogP contribution in [-0.4, -0.2) is 17.0 Å². The number of nitrogens with one attached hydrogen (secondary N) is 1. The highest BCUT2D eigenvalue weighted by atomic mass is 19.1. The van der Waals surface area contributed by atoms with Crippen molar-refractivity contribution >= 4 is 11.9 Å². The Morgan fingerprint density at radius 3 is 2.48 bits per heavy atom. The van der Waals surface area contributed by atoms with Crippen molar-refractivity contribution in [2.45, 2.75) is 38.6 Å². The highest BCUT2D eigenvalue weighted by Gasteiger charge is 2.42. The van der Waals surface area contributed by atoms with E-state index in [1.807, 2.05) is 0 Å². The SMILES string of the molecule is O=C(CC1(C(=O)O)CCCC1)NCc1ccc(F)cc1F. The lowest BCUT2D eigenvalue weighted by Gasteiger charge is -2.22. The van der Waals surface area contributed by atoms with Gasteiger partial charge in [-0.3, -0.25) is 9.59 Å². The molecule has 2 rings (SSSR count). The van der Waals surface area contributed by atoms with E-state index < -0.39 is 28.9 Å². The summed E-state index contributed by atoms with van der Waals surface area (Å²) in [6.45, 7) is -0.0827. The summed E-state index contributed by atoms with van der Waals surface area (Å²) in [4.78, 5) is 23.2. The Labute approximate surface area is 121 Å². The summed E-state index contributed by atoms with van der Waals surface area (Å²) in [5.74, 6) is -2.80. The maximum absolute atomic E-state index is 13.4. The average Bonchev–Trinajstić information content (AvgIpc) is 2.87. The van der Waals surface area contributed by atoms with Gasteiger partial charge in [0, 0.05) is 24.6 Å². The van der Waals surface area contributed by atoms with Crippen molar-refractivity contribution in [1.29, 1.82) is 0 Å². The van der Waals surface area contributed by atoms with Crippen LogP contribution in [0.25, 0.3) is 0 Å². The first-order chi connectivity index (χ1) is 9.93. The third-order valence-corrected chi connectivity index (χ3v) is 4.00. The highest BCUT2D eigenvalue weighted by molar-refractivity contribution is 5.85. The topological polar surface area (TPSA) is 66.4 Å². The molecule has 0 bridgehead atoms. The zero-order valence-electron chi connectivity index (χ0n) is 11.5. The van der Waals surface area contributed by atoms with Crippen LogP contribution in [0.15, 0.2) is 18.2 Å². The van der Waals surface area contributed by atoms with Crippen molar-refractivity contribution in [3.63, 3.8) is 0 Å². The van der Waals surface area contributed by atoms with Gasteiger partial charge in [-0.2, -0.15) is 0 Å². The number of carbonyl (C=O) groups excluding carboxylic acids is 1. The van der Waals surface area contributed by atoms with E-state index in [-0.39, 0.29) is 18.5 Å². The van der Waals surface area contributed by atoms with Crippen molar-refractivity contribution in [3.05, 3.63) is 35.4 Å². The van der Waals surface area contributed by atoms with Crippen LogP contribution < -0.4 is 5.32 Å². The van der Waals surface area contributed by atoms with E-state index >= 15 is 0 Å². The van der Waals surface area contributed by atoms with Gasteiger partial charge in [0.2, 0.25) is 5.91 Å². The average molecular weight is 297 g/mol. The number of carboxylic acid groups (broad SMARTS) is 1. The monoisotopic (exact) mass is 297 g/mol. The summed E-state index contributed by atoms with van der Waals surface area (Å²) in [5.41, 5.74) is -0.827. The number of benzene rings is 1. The largest absolute Gasteiger partial charge is 0.481 e. The van der Waals surface area contributed by atoms with E-state index in [0.717, 1.165) is 25.0 Å². The molecule has 0 unspecified atom stereocenters. The van der Waals surface area contributed by atoms with Gasteiger partial charge in [-0.15, -0.1) is 0 Å². The predicted molar refractivity (Wildman–Crippen MR) is 71.4 cm³/mol. The van der Waals surface area contributed by atoms with Crippen LogP contribution in [-0.2, 0) is 16.1 Å². The Kier molecular flexibility index (Phi) is 4.55. The quantitative estimate of drug-likeness (QED) is 0.878. The van der Waals surface area contributed by atoms with Crippen molar-refractivity contribution in [1.82, 2.24) is 5.32 Å². The standard InChI is InChI=1S/C15H17F2NO3/c16-11-4-3-10(12(17)7-11)9-18-13(19)8-15(14(20)21)5-1-2-6-15/h3-4,7H,1-2,5-6,8-9H2,(H,18,19)(H,20,21). The molecule has 0 atom stereocenters. The van der Waals surface area contributed by atoms with Gasteiger partial charge in [-0.05, 0) is 18.9 Å². The van der Waals surface area contributed by atoms with E-state index in [1.54, 1.807) is 0 Å². The minimum Gasteiger partial charge on any atom is -0.481 e. The van der Waals surface area contributed by atoms with Gasteiger partial charge < -0.3 is 10.4 Å². The van der Waals surface area contributed by atoms with Crippen LogP contribution in [0, 0.1) is 17.0 Å². The summed E-state index contributed by atoms with van der Waals surface area (Å²) in [6.07, 6.45) is 2.46. The minimum atomic E-state index is -0.995. The number of hydrogen-bond donors (Lipinski definition) is 2. The number of halogens is 2. The molecular weight excluding hydrogens is 280 g/mol. The number of hydrogen-bond acceptors (Lipinski definition) is 2. The van der Waals surface area contributed by atoms with Gasteiger partial charge in [0.25, 0.3) is 0 Å². The fraction of sp³-hybridized carbons (Fsp3) is 0.467. The first kappa shape index (κ1) is 15.4. The maximum atomic E-state index is 13.4. The molecule has 21 heavy (non-hydrogen) atoms. The molecule has 0 saturated heterocycles. The molecule has 0 aromatic heterocycles. The third-order valence-electron chi connectivity index (χ3n) is 4.00. The van der Waals surface area contributed by atoms with E-state index in [0.29, 0.717) is 12.8 Å². The molecule has 1 saturated carbocycles. The number of aliphatic carboxylic acids is 1. The molecule has 4 nitrogen and oxygen atoms in total. The normalized spacial score (nSPS) is 16.7. The zero-order chi connectivity index (χ0) is 15.5. The molecule has 2 N–H and O–H groups in total. The van der Waals surface area contributed by atoms with E-state index in [9.17, 15) is 23.5 Å². The lowest BCUT2D eigenvalue weighted by Crippen LogP contribution is -2.35. The molecule has 0 spiro atoms. The molecule has 1 aliphatic rings. The van der Waals surface area contributed by atoms with Crippen molar-refractivity contribution in [2.75, 3.05) is 0 Å². The van der Waals surface area contributed by atoms with Crippen molar-refractivity contribution < 1.29 is 23.5 Å².